The topological polar surface area (TPSA) is 40.5 Å². The van der Waals surface area contributed by atoms with Crippen molar-refractivity contribution in [2.45, 2.75) is 32.6 Å². The molecule has 0 amide bonds. The SMILES string of the molecule is Cc1ccc(CC2=CCN(CCCC(=O)c3ccc(O)cc3)CC2)cc1. The van der Waals surface area contributed by atoms with Crippen molar-refractivity contribution in [2.75, 3.05) is 19.6 Å². The van der Waals surface area contributed by atoms with E-state index in [4.69, 9.17) is 0 Å². The molecule has 2 aromatic carbocycles. The van der Waals surface area contributed by atoms with E-state index in [1.165, 1.54) is 16.7 Å². The van der Waals surface area contributed by atoms with Gasteiger partial charge in [0.05, 0.1) is 0 Å². The molecule has 0 bridgehead atoms. The molecule has 136 valence electrons. The van der Waals surface area contributed by atoms with Crippen LogP contribution >= 0.6 is 0 Å². The second-order valence-electron chi connectivity index (χ2n) is 7.15. The van der Waals surface area contributed by atoms with E-state index in [1.54, 1.807) is 24.3 Å². The summed E-state index contributed by atoms with van der Waals surface area (Å²) in [6.07, 6.45) is 5.94. The van der Waals surface area contributed by atoms with Gasteiger partial charge in [0, 0.05) is 25.1 Å². The number of hydrogen-bond donors (Lipinski definition) is 1. The van der Waals surface area contributed by atoms with Gasteiger partial charge in [-0.3, -0.25) is 9.69 Å². The summed E-state index contributed by atoms with van der Waals surface area (Å²) in [6.45, 7) is 5.13. The molecule has 1 heterocycles. The summed E-state index contributed by atoms with van der Waals surface area (Å²) in [6, 6.07) is 15.3. The summed E-state index contributed by atoms with van der Waals surface area (Å²) < 4.78 is 0. The molecule has 0 spiro atoms. The van der Waals surface area contributed by atoms with Crippen LogP contribution in [0.25, 0.3) is 0 Å². The van der Waals surface area contributed by atoms with Gasteiger partial charge in [-0.2, -0.15) is 0 Å². The highest BCUT2D eigenvalue weighted by atomic mass is 16.3. The first-order valence-electron chi connectivity index (χ1n) is 9.38. The highest BCUT2D eigenvalue weighted by molar-refractivity contribution is 5.96. The average Bonchev–Trinajstić information content (AvgIpc) is 2.65. The van der Waals surface area contributed by atoms with Crippen LogP contribution in [0.15, 0.2) is 60.2 Å². The summed E-state index contributed by atoms with van der Waals surface area (Å²) >= 11 is 0. The number of nitrogens with zero attached hydrogens (tertiary/aromatic N) is 1. The summed E-state index contributed by atoms with van der Waals surface area (Å²) in [4.78, 5) is 14.6. The van der Waals surface area contributed by atoms with Gasteiger partial charge in [-0.25, -0.2) is 0 Å². The maximum Gasteiger partial charge on any atom is 0.162 e. The molecule has 0 radical (unpaired) electrons. The molecule has 1 aliphatic rings. The molecule has 0 aromatic heterocycles. The zero-order valence-electron chi connectivity index (χ0n) is 15.4. The number of Topliss-reactive ketones (excluding diaryl/α,β-unsaturated/α-hetero) is 1. The van der Waals surface area contributed by atoms with Crippen LogP contribution in [-0.4, -0.2) is 35.4 Å². The second-order valence-corrected chi connectivity index (χ2v) is 7.15. The Morgan fingerprint density at radius 3 is 2.46 bits per heavy atom. The molecule has 3 nitrogen and oxygen atoms in total. The first-order valence-corrected chi connectivity index (χ1v) is 9.38. The minimum atomic E-state index is 0.151. The first-order chi connectivity index (χ1) is 12.6. The zero-order chi connectivity index (χ0) is 18.4. The predicted molar refractivity (Wildman–Crippen MR) is 106 cm³/mol. The minimum Gasteiger partial charge on any atom is -0.508 e. The van der Waals surface area contributed by atoms with Crippen molar-refractivity contribution in [3.05, 3.63) is 76.9 Å². The van der Waals surface area contributed by atoms with Gasteiger partial charge in [-0.1, -0.05) is 41.5 Å². The number of aromatic hydroxyl groups is 1. The Morgan fingerprint density at radius 2 is 1.81 bits per heavy atom. The van der Waals surface area contributed by atoms with E-state index >= 15 is 0 Å². The molecule has 1 N–H and O–H groups in total. The normalized spacial score (nSPS) is 14.9. The molecule has 26 heavy (non-hydrogen) atoms. The van der Waals surface area contributed by atoms with Crippen molar-refractivity contribution >= 4 is 5.78 Å². The number of hydrogen-bond acceptors (Lipinski definition) is 3. The largest absolute Gasteiger partial charge is 0.508 e. The number of rotatable bonds is 7. The predicted octanol–water partition coefficient (Wildman–Crippen LogP) is 4.54. The summed E-state index contributed by atoms with van der Waals surface area (Å²) in [5, 5.41) is 9.29. The third-order valence-corrected chi connectivity index (χ3v) is 5.01. The maximum absolute atomic E-state index is 12.2. The fourth-order valence-electron chi connectivity index (χ4n) is 3.34. The van der Waals surface area contributed by atoms with Crippen molar-refractivity contribution < 1.29 is 9.90 Å². The lowest BCUT2D eigenvalue weighted by atomic mass is 9.98. The standard InChI is InChI=1S/C23H27NO2/c1-18-4-6-19(7-5-18)17-20-12-15-24(16-13-20)14-2-3-23(26)21-8-10-22(25)11-9-21/h4-12,25H,2-3,13-17H2,1H3. The molecule has 0 saturated carbocycles. The van der Waals surface area contributed by atoms with Gasteiger partial charge in [0.1, 0.15) is 5.75 Å². The highest BCUT2D eigenvalue weighted by Gasteiger charge is 2.13. The Labute approximate surface area is 156 Å². The minimum absolute atomic E-state index is 0.151. The summed E-state index contributed by atoms with van der Waals surface area (Å²) in [5.41, 5.74) is 4.89. The van der Waals surface area contributed by atoms with Crippen LogP contribution < -0.4 is 0 Å². The van der Waals surface area contributed by atoms with Gasteiger partial charge in [0.15, 0.2) is 5.78 Å². The molecular formula is C23H27NO2. The molecule has 0 unspecified atom stereocenters. The average molecular weight is 349 g/mol. The molecule has 0 fully saturated rings. The quantitative estimate of drug-likeness (QED) is 0.589. The second kappa shape index (κ2) is 8.81. The van der Waals surface area contributed by atoms with E-state index in [0.717, 1.165) is 38.9 Å². The van der Waals surface area contributed by atoms with Crippen LogP contribution in [0.4, 0.5) is 0 Å². The number of benzene rings is 2. The van der Waals surface area contributed by atoms with Crippen molar-refractivity contribution in [1.29, 1.82) is 0 Å². The Balaban J connectivity index is 1.40. The number of phenols is 1. The number of aryl methyl sites for hydroxylation is 1. The Bertz CT molecular complexity index is 760. The Morgan fingerprint density at radius 1 is 1.08 bits per heavy atom. The van der Waals surface area contributed by atoms with Gasteiger partial charge in [-0.05, 0) is 62.6 Å². The molecule has 3 rings (SSSR count). The van der Waals surface area contributed by atoms with Crippen LogP contribution in [0.5, 0.6) is 5.75 Å². The van der Waals surface area contributed by atoms with Gasteiger partial charge in [0.25, 0.3) is 0 Å². The van der Waals surface area contributed by atoms with Crippen molar-refractivity contribution in [3.63, 3.8) is 0 Å². The van der Waals surface area contributed by atoms with E-state index in [1.807, 2.05) is 0 Å². The Hall–Kier alpha value is -2.39. The summed E-state index contributed by atoms with van der Waals surface area (Å²) in [7, 11) is 0. The van der Waals surface area contributed by atoms with Crippen molar-refractivity contribution in [3.8, 4) is 5.75 Å². The zero-order valence-corrected chi connectivity index (χ0v) is 15.4. The van der Waals surface area contributed by atoms with Crippen LogP contribution in [0, 0.1) is 6.92 Å². The number of carbonyl (C=O) groups excluding carboxylic acids is 1. The molecule has 0 atom stereocenters. The van der Waals surface area contributed by atoms with Crippen LogP contribution in [-0.2, 0) is 6.42 Å². The van der Waals surface area contributed by atoms with Crippen molar-refractivity contribution in [1.82, 2.24) is 4.90 Å². The van der Waals surface area contributed by atoms with Crippen LogP contribution in [0.3, 0.4) is 0 Å². The Kier molecular flexibility index (Phi) is 6.24. The lowest BCUT2D eigenvalue weighted by molar-refractivity contribution is 0.0975. The molecular weight excluding hydrogens is 322 g/mol. The molecule has 0 aliphatic carbocycles. The maximum atomic E-state index is 12.2. The van der Waals surface area contributed by atoms with Crippen LogP contribution in [0.2, 0.25) is 0 Å². The molecule has 1 aliphatic heterocycles. The third-order valence-electron chi connectivity index (χ3n) is 5.01. The fraction of sp³-hybridized carbons (Fsp3) is 0.348. The lowest BCUT2D eigenvalue weighted by Crippen LogP contribution is -2.30. The first kappa shape index (κ1) is 18.4. The van der Waals surface area contributed by atoms with Gasteiger partial charge in [0.2, 0.25) is 0 Å². The number of phenolic OH excluding ortho intramolecular Hbond substituents is 1. The van der Waals surface area contributed by atoms with Gasteiger partial charge < -0.3 is 5.11 Å². The van der Waals surface area contributed by atoms with Crippen LogP contribution in [0.1, 0.15) is 40.7 Å². The molecule has 3 heteroatoms. The molecule has 0 saturated heterocycles. The van der Waals surface area contributed by atoms with Gasteiger partial charge >= 0.3 is 0 Å². The van der Waals surface area contributed by atoms with E-state index in [0.29, 0.717) is 12.0 Å². The van der Waals surface area contributed by atoms with E-state index < -0.39 is 0 Å². The monoisotopic (exact) mass is 349 g/mol. The highest BCUT2D eigenvalue weighted by Crippen LogP contribution is 2.18. The smallest absolute Gasteiger partial charge is 0.162 e. The third kappa shape index (κ3) is 5.30. The van der Waals surface area contributed by atoms with E-state index in [9.17, 15) is 9.90 Å². The fourth-order valence-corrected chi connectivity index (χ4v) is 3.34. The van der Waals surface area contributed by atoms with Gasteiger partial charge in [-0.15, -0.1) is 0 Å². The van der Waals surface area contributed by atoms with E-state index in [2.05, 4.69) is 42.2 Å². The lowest BCUT2D eigenvalue weighted by Gasteiger charge is -2.26. The molecule has 2 aromatic rings. The summed E-state index contributed by atoms with van der Waals surface area (Å²) in [5.74, 6) is 0.348. The van der Waals surface area contributed by atoms with E-state index in [-0.39, 0.29) is 11.5 Å². The number of carbonyl (C=O) groups is 1. The van der Waals surface area contributed by atoms with Crippen molar-refractivity contribution in [2.24, 2.45) is 0 Å². The number of ketones is 1.